The van der Waals surface area contributed by atoms with Gasteiger partial charge in [-0.3, -0.25) is 0 Å². The first-order valence-corrected chi connectivity index (χ1v) is 3.94. The van der Waals surface area contributed by atoms with Crippen LogP contribution in [0, 0.1) is 0 Å². The largest absolute Gasteiger partial charge is 0.338 e. The molecular formula is C7H10BrNO2. The molecule has 0 aromatic carbocycles. The number of nitrogens with one attached hydrogen (secondary N) is 1. The zero-order chi connectivity index (χ0) is 8.32. The van der Waals surface area contributed by atoms with Crippen molar-refractivity contribution >= 4 is 15.9 Å². The molecule has 0 aromatic rings. The van der Waals surface area contributed by atoms with Crippen molar-refractivity contribution in [3.05, 3.63) is 22.8 Å². The summed E-state index contributed by atoms with van der Waals surface area (Å²) < 4.78 is 11.1. The third kappa shape index (κ3) is 1.83. The molecule has 0 unspecified atom stereocenters. The van der Waals surface area contributed by atoms with Gasteiger partial charge >= 0.3 is 0 Å². The molecule has 4 heteroatoms. The van der Waals surface area contributed by atoms with Gasteiger partial charge in [0.1, 0.15) is 0 Å². The molecule has 0 atom stereocenters. The summed E-state index contributed by atoms with van der Waals surface area (Å²) in [5.41, 5.74) is 0. The third-order valence-electron chi connectivity index (χ3n) is 1.46. The lowest BCUT2D eigenvalue weighted by atomic mass is 10.3. The van der Waals surface area contributed by atoms with Crippen molar-refractivity contribution in [1.29, 1.82) is 0 Å². The molecule has 1 rings (SSSR count). The molecule has 0 radical (unpaired) electrons. The van der Waals surface area contributed by atoms with Crippen LogP contribution in [0.2, 0.25) is 0 Å². The molecule has 0 aliphatic carbocycles. The average molecular weight is 220 g/mol. The summed E-state index contributed by atoms with van der Waals surface area (Å²) in [4.78, 5) is 0. The van der Waals surface area contributed by atoms with Crippen LogP contribution in [-0.2, 0) is 9.47 Å². The molecule has 62 valence electrons. The highest BCUT2D eigenvalue weighted by Crippen LogP contribution is 2.20. The third-order valence-corrected chi connectivity index (χ3v) is 1.95. The smallest absolute Gasteiger partial charge is 0.270 e. The van der Waals surface area contributed by atoms with E-state index in [1.807, 2.05) is 6.08 Å². The number of allylic oxidation sites excluding steroid dienone is 2. The Morgan fingerprint density at radius 3 is 2.45 bits per heavy atom. The number of hydrogen-bond acceptors (Lipinski definition) is 3. The van der Waals surface area contributed by atoms with Gasteiger partial charge in [-0.25, -0.2) is 0 Å². The Balaban J connectivity index is 2.80. The van der Waals surface area contributed by atoms with Crippen LogP contribution >= 0.6 is 15.9 Å². The fraction of sp³-hybridized carbons (Fsp3) is 0.429. The second kappa shape index (κ2) is 3.38. The summed E-state index contributed by atoms with van der Waals surface area (Å²) in [6.45, 7) is 0. The Morgan fingerprint density at radius 1 is 1.45 bits per heavy atom. The lowest BCUT2D eigenvalue weighted by Crippen LogP contribution is -2.45. The van der Waals surface area contributed by atoms with Gasteiger partial charge in [0, 0.05) is 31.0 Å². The van der Waals surface area contributed by atoms with Gasteiger partial charge < -0.3 is 14.8 Å². The SMILES string of the molecule is COC1(OC)C=C(Br)C=CN1. The van der Waals surface area contributed by atoms with E-state index in [0.717, 1.165) is 4.48 Å². The van der Waals surface area contributed by atoms with Gasteiger partial charge in [-0.2, -0.15) is 0 Å². The summed E-state index contributed by atoms with van der Waals surface area (Å²) >= 11 is 3.32. The van der Waals surface area contributed by atoms with E-state index in [2.05, 4.69) is 21.2 Å². The van der Waals surface area contributed by atoms with Gasteiger partial charge in [0.15, 0.2) is 0 Å². The highest BCUT2D eigenvalue weighted by molar-refractivity contribution is 9.11. The molecule has 0 saturated heterocycles. The molecule has 0 fully saturated rings. The van der Waals surface area contributed by atoms with Crippen molar-refractivity contribution in [2.24, 2.45) is 0 Å². The number of halogens is 1. The molecule has 0 saturated carbocycles. The molecule has 11 heavy (non-hydrogen) atoms. The number of dihydropyridines is 1. The Kier molecular flexibility index (Phi) is 2.70. The van der Waals surface area contributed by atoms with Gasteiger partial charge in [-0.1, -0.05) is 15.9 Å². The number of ether oxygens (including phenoxy) is 2. The van der Waals surface area contributed by atoms with E-state index < -0.39 is 5.91 Å². The predicted molar refractivity (Wildman–Crippen MR) is 46.0 cm³/mol. The molecule has 1 aliphatic heterocycles. The average Bonchev–Trinajstić information content (AvgIpc) is 2.04. The van der Waals surface area contributed by atoms with Crippen LogP contribution in [0.4, 0.5) is 0 Å². The van der Waals surface area contributed by atoms with Crippen molar-refractivity contribution in [1.82, 2.24) is 5.32 Å². The fourth-order valence-electron chi connectivity index (χ4n) is 0.828. The first kappa shape index (κ1) is 8.77. The zero-order valence-corrected chi connectivity index (χ0v) is 8.01. The van der Waals surface area contributed by atoms with Crippen molar-refractivity contribution in [3.63, 3.8) is 0 Å². The highest BCUT2D eigenvalue weighted by Gasteiger charge is 2.27. The van der Waals surface area contributed by atoms with Gasteiger partial charge in [0.05, 0.1) is 0 Å². The zero-order valence-electron chi connectivity index (χ0n) is 6.43. The minimum absolute atomic E-state index is 0.812. The Labute approximate surface area is 74.2 Å². The number of rotatable bonds is 2. The first-order valence-electron chi connectivity index (χ1n) is 3.15. The maximum Gasteiger partial charge on any atom is 0.270 e. The van der Waals surface area contributed by atoms with Gasteiger partial charge in [-0.05, 0) is 6.08 Å². The molecule has 3 nitrogen and oxygen atoms in total. The van der Waals surface area contributed by atoms with Crippen molar-refractivity contribution in [3.8, 4) is 0 Å². The predicted octanol–water partition coefficient (Wildman–Crippen LogP) is 1.33. The lowest BCUT2D eigenvalue weighted by Gasteiger charge is -2.29. The van der Waals surface area contributed by atoms with E-state index in [-0.39, 0.29) is 0 Å². The lowest BCUT2D eigenvalue weighted by molar-refractivity contribution is -0.184. The molecule has 1 heterocycles. The van der Waals surface area contributed by atoms with Crippen molar-refractivity contribution in [2.45, 2.75) is 5.91 Å². The van der Waals surface area contributed by atoms with E-state index in [4.69, 9.17) is 9.47 Å². The summed E-state index contributed by atoms with van der Waals surface area (Å²) in [5.74, 6) is -0.812. The maximum absolute atomic E-state index is 5.11. The van der Waals surface area contributed by atoms with Gasteiger partial charge in [-0.15, -0.1) is 0 Å². The maximum atomic E-state index is 5.11. The van der Waals surface area contributed by atoms with Crippen LogP contribution in [0.15, 0.2) is 22.8 Å². The van der Waals surface area contributed by atoms with E-state index in [1.54, 1.807) is 26.5 Å². The van der Waals surface area contributed by atoms with E-state index >= 15 is 0 Å². The topological polar surface area (TPSA) is 30.5 Å². The van der Waals surface area contributed by atoms with Crippen LogP contribution in [0.1, 0.15) is 0 Å². The molecule has 0 spiro atoms. The molecule has 0 amide bonds. The van der Waals surface area contributed by atoms with E-state index in [0.29, 0.717) is 0 Å². The minimum Gasteiger partial charge on any atom is -0.338 e. The molecule has 1 aliphatic rings. The summed E-state index contributed by atoms with van der Waals surface area (Å²) in [6.07, 6.45) is 5.43. The Morgan fingerprint density at radius 2 is 2.09 bits per heavy atom. The normalized spacial score (nSPS) is 20.8. The second-order valence-corrected chi connectivity index (χ2v) is 3.00. The summed E-state index contributed by atoms with van der Waals surface area (Å²) in [7, 11) is 3.15. The standard InChI is InChI=1S/C7H10BrNO2/c1-10-7(11-2)5-6(8)3-4-9-7/h3-5,9H,1-2H3. The summed E-state index contributed by atoms with van der Waals surface area (Å²) in [6, 6.07) is 0. The first-order chi connectivity index (χ1) is 5.22. The molecular weight excluding hydrogens is 210 g/mol. The highest BCUT2D eigenvalue weighted by atomic mass is 79.9. The van der Waals surface area contributed by atoms with Crippen LogP contribution in [0.3, 0.4) is 0 Å². The van der Waals surface area contributed by atoms with Crippen LogP contribution in [-0.4, -0.2) is 20.1 Å². The van der Waals surface area contributed by atoms with Crippen LogP contribution < -0.4 is 5.32 Å². The summed E-state index contributed by atoms with van der Waals surface area (Å²) in [5, 5.41) is 2.93. The van der Waals surface area contributed by atoms with Crippen molar-refractivity contribution in [2.75, 3.05) is 14.2 Å². The van der Waals surface area contributed by atoms with Gasteiger partial charge in [0.25, 0.3) is 5.91 Å². The number of hydrogen-bond donors (Lipinski definition) is 1. The molecule has 0 aromatic heterocycles. The minimum atomic E-state index is -0.812. The van der Waals surface area contributed by atoms with Gasteiger partial charge in [0.2, 0.25) is 0 Å². The quantitative estimate of drug-likeness (QED) is 0.712. The Hall–Kier alpha value is -0.320. The van der Waals surface area contributed by atoms with Crippen LogP contribution in [0.25, 0.3) is 0 Å². The fourth-order valence-corrected chi connectivity index (χ4v) is 1.26. The second-order valence-electron chi connectivity index (χ2n) is 2.08. The van der Waals surface area contributed by atoms with E-state index in [9.17, 15) is 0 Å². The monoisotopic (exact) mass is 219 g/mol. The molecule has 0 bridgehead atoms. The van der Waals surface area contributed by atoms with E-state index in [1.165, 1.54) is 0 Å². The Bertz CT molecular complexity index is 197. The number of methoxy groups -OCH3 is 2. The van der Waals surface area contributed by atoms with Crippen LogP contribution in [0.5, 0.6) is 0 Å². The van der Waals surface area contributed by atoms with Crippen molar-refractivity contribution < 1.29 is 9.47 Å². The molecule has 1 N–H and O–H groups in total.